The van der Waals surface area contributed by atoms with E-state index in [-0.39, 0.29) is 36.0 Å². The molecule has 0 saturated carbocycles. The standard InChI is InChI=1S/C9H15NO3S/c1-14-7-4-6(13-7)8-5(2-3-11)10-9(8)12/h5-8,11H,2-4H2,1H3,(H,10,12)/t5-,6?,7?,8+/m1/s1. The van der Waals surface area contributed by atoms with E-state index in [9.17, 15) is 4.79 Å². The van der Waals surface area contributed by atoms with E-state index in [1.54, 1.807) is 11.8 Å². The number of nitrogens with one attached hydrogen (secondary N) is 1. The van der Waals surface area contributed by atoms with E-state index in [1.165, 1.54) is 0 Å². The molecule has 5 heteroatoms. The van der Waals surface area contributed by atoms with Crippen molar-refractivity contribution in [3.63, 3.8) is 0 Å². The Labute approximate surface area is 87.4 Å². The Morgan fingerprint density at radius 2 is 2.43 bits per heavy atom. The lowest BCUT2D eigenvalue weighted by molar-refractivity contribution is -0.163. The summed E-state index contributed by atoms with van der Waals surface area (Å²) in [5.74, 6) is 0.0542. The van der Waals surface area contributed by atoms with Gasteiger partial charge < -0.3 is 15.2 Å². The Hall–Kier alpha value is -0.260. The first-order valence-electron chi connectivity index (χ1n) is 4.85. The molecule has 0 aromatic rings. The van der Waals surface area contributed by atoms with Gasteiger partial charge in [0.05, 0.1) is 12.0 Å². The van der Waals surface area contributed by atoms with Gasteiger partial charge in [0.25, 0.3) is 0 Å². The van der Waals surface area contributed by atoms with E-state index >= 15 is 0 Å². The maximum atomic E-state index is 11.3. The largest absolute Gasteiger partial charge is 0.396 e. The highest BCUT2D eigenvalue weighted by molar-refractivity contribution is 7.99. The first-order valence-corrected chi connectivity index (χ1v) is 6.14. The Balaban J connectivity index is 1.82. The monoisotopic (exact) mass is 217 g/mol. The van der Waals surface area contributed by atoms with Crippen LogP contribution in [0.25, 0.3) is 0 Å². The molecule has 0 aromatic carbocycles. The van der Waals surface area contributed by atoms with Gasteiger partial charge in [-0.05, 0) is 12.7 Å². The zero-order chi connectivity index (χ0) is 10.1. The van der Waals surface area contributed by atoms with E-state index in [0.717, 1.165) is 6.42 Å². The highest BCUT2D eigenvalue weighted by Gasteiger charge is 2.49. The highest BCUT2D eigenvalue weighted by Crippen LogP contribution is 2.37. The lowest BCUT2D eigenvalue weighted by Gasteiger charge is -2.47. The normalized spacial score (nSPS) is 41.1. The predicted octanol–water partition coefficient (Wildman–Crippen LogP) is -0.0386. The van der Waals surface area contributed by atoms with Gasteiger partial charge in [-0.15, -0.1) is 11.8 Å². The van der Waals surface area contributed by atoms with E-state index in [2.05, 4.69) is 5.32 Å². The van der Waals surface area contributed by atoms with Gasteiger partial charge in [-0.2, -0.15) is 0 Å². The molecule has 1 amide bonds. The second-order valence-electron chi connectivity index (χ2n) is 3.73. The summed E-state index contributed by atoms with van der Waals surface area (Å²) in [5, 5.41) is 11.6. The molecule has 0 radical (unpaired) electrons. The van der Waals surface area contributed by atoms with E-state index < -0.39 is 0 Å². The predicted molar refractivity (Wildman–Crippen MR) is 53.9 cm³/mol. The third-order valence-corrected chi connectivity index (χ3v) is 3.75. The molecule has 2 N–H and O–H groups in total. The number of carbonyl (C=O) groups is 1. The number of carbonyl (C=O) groups excluding carboxylic acids is 1. The number of amides is 1. The van der Waals surface area contributed by atoms with Crippen molar-refractivity contribution in [1.82, 2.24) is 5.32 Å². The number of hydrogen-bond acceptors (Lipinski definition) is 4. The van der Waals surface area contributed by atoms with E-state index in [1.807, 2.05) is 6.26 Å². The Kier molecular flexibility index (Phi) is 2.99. The van der Waals surface area contributed by atoms with Crippen LogP contribution >= 0.6 is 11.8 Å². The molecule has 2 heterocycles. The van der Waals surface area contributed by atoms with Crippen LogP contribution in [0.1, 0.15) is 12.8 Å². The van der Waals surface area contributed by atoms with Crippen LogP contribution in [0, 0.1) is 5.92 Å². The molecule has 2 fully saturated rings. The van der Waals surface area contributed by atoms with Crippen molar-refractivity contribution in [3.05, 3.63) is 0 Å². The molecule has 0 bridgehead atoms. The van der Waals surface area contributed by atoms with E-state index in [0.29, 0.717) is 6.42 Å². The van der Waals surface area contributed by atoms with Gasteiger partial charge in [0.2, 0.25) is 5.91 Å². The molecular formula is C9H15NO3S. The number of ether oxygens (including phenoxy) is 1. The van der Waals surface area contributed by atoms with Gasteiger partial charge in [0, 0.05) is 19.1 Å². The van der Waals surface area contributed by atoms with Crippen LogP contribution in [0.3, 0.4) is 0 Å². The van der Waals surface area contributed by atoms with Crippen molar-refractivity contribution < 1.29 is 14.6 Å². The highest BCUT2D eigenvalue weighted by atomic mass is 32.2. The number of thioether (sulfide) groups is 1. The van der Waals surface area contributed by atoms with Gasteiger partial charge in [0.1, 0.15) is 5.44 Å². The van der Waals surface area contributed by atoms with Crippen LogP contribution in [0.5, 0.6) is 0 Å². The number of hydrogen-bond donors (Lipinski definition) is 2. The summed E-state index contributed by atoms with van der Waals surface area (Å²) < 4.78 is 5.56. The number of β-lactam (4-membered cyclic amide) rings is 1. The van der Waals surface area contributed by atoms with Gasteiger partial charge >= 0.3 is 0 Å². The number of rotatable bonds is 4. The summed E-state index contributed by atoms with van der Waals surface area (Å²) in [5.41, 5.74) is 0.267. The second kappa shape index (κ2) is 4.08. The lowest BCUT2D eigenvalue weighted by atomic mass is 9.81. The van der Waals surface area contributed by atoms with Crippen molar-refractivity contribution in [2.75, 3.05) is 12.9 Å². The Bertz CT molecular complexity index is 230. The van der Waals surface area contributed by atoms with Crippen LogP contribution in [0.15, 0.2) is 0 Å². The minimum atomic E-state index is -0.0226. The zero-order valence-corrected chi connectivity index (χ0v) is 8.92. The molecule has 0 spiro atoms. The number of aliphatic hydroxyl groups is 1. The van der Waals surface area contributed by atoms with E-state index in [4.69, 9.17) is 9.84 Å². The first-order chi connectivity index (χ1) is 6.76. The molecule has 2 saturated heterocycles. The van der Waals surface area contributed by atoms with Gasteiger partial charge in [-0.3, -0.25) is 4.79 Å². The second-order valence-corrected chi connectivity index (χ2v) is 4.73. The maximum absolute atomic E-state index is 11.3. The third-order valence-electron chi connectivity index (χ3n) is 2.92. The smallest absolute Gasteiger partial charge is 0.228 e. The average Bonchev–Trinajstić information content (AvgIpc) is 2.10. The third kappa shape index (κ3) is 1.64. The summed E-state index contributed by atoms with van der Waals surface area (Å²) in [4.78, 5) is 11.3. The van der Waals surface area contributed by atoms with Crippen LogP contribution in [-0.4, -0.2) is 41.5 Å². The molecule has 2 unspecified atom stereocenters. The summed E-state index contributed by atoms with van der Waals surface area (Å²) in [6, 6.07) is 0.125. The molecule has 4 nitrogen and oxygen atoms in total. The molecule has 2 rings (SSSR count). The summed E-state index contributed by atoms with van der Waals surface area (Å²) >= 11 is 1.68. The Morgan fingerprint density at radius 1 is 1.71 bits per heavy atom. The fourth-order valence-electron chi connectivity index (χ4n) is 2.03. The van der Waals surface area contributed by atoms with Gasteiger partial charge in [-0.25, -0.2) is 0 Å². The molecule has 0 aromatic heterocycles. The van der Waals surface area contributed by atoms with Crippen LogP contribution < -0.4 is 5.32 Å². The van der Waals surface area contributed by atoms with Gasteiger partial charge in [0.15, 0.2) is 0 Å². The minimum absolute atomic E-state index is 0.0226. The zero-order valence-electron chi connectivity index (χ0n) is 8.10. The van der Waals surface area contributed by atoms with Crippen molar-refractivity contribution in [2.45, 2.75) is 30.4 Å². The average molecular weight is 217 g/mol. The van der Waals surface area contributed by atoms with Gasteiger partial charge in [-0.1, -0.05) is 0 Å². The quantitative estimate of drug-likeness (QED) is 0.649. The molecule has 2 aliphatic heterocycles. The van der Waals surface area contributed by atoms with Crippen molar-refractivity contribution >= 4 is 17.7 Å². The van der Waals surface area contributed by atoms with Crippen molar-refractivity contribution in [1.29, 1.82) is 0 Å². The number of aliphatic hydroxyl groups excluding tert-OH is 1. The molecule has 80 valence electrons. The topological polar surface area (TPSA) is 58.6 Å². The molecule has 4 atom stereocenters. The first kappa shape index (κ1) is 10.3. The fraction of sp³-hybridized carbons (Fsp3) is 0.889. The summed E-state index contributed by atoms with van der Waals surface area (Å²) in [6.45, 7) is 0.125. The fourth-order valence-corrected chi connectivity index (χ4v) is 2.67. The Morgan fingerprint density at radius 3 is 2.93 bits per heavy atom. The van der Waals surface area contributed by atoms with Crippen molar-refractivity contribution in [3.8, 4) is 0 Å². The molecule has 0 aliphatic carbocycles. The molecule has 14 heavy (non-hydrogen) atoms. The molecule has 2 aliphatic rings. The van der Waals surface area contributed by atoms with Crippen LogP contribution in [-0.2, 0) is 9.53 Å². The maximum Gasteiger partial charge on any atom is 0.228 e. The summed E-state index contributed by atoms with van der Waals surface area (Å²) in [6.07, 6.45) is 3.69. The molecular weight excluding hydrogens is 202 g/mol. The van der Waals surface area contributed by atoms with Crippen molar-refractivity contribution in [2.24, 2.45) is 5.92 Å². The van der Waals surface area contributed by atoms with Crippen LogP contribution in [0.4, 0.5) is 0 Å². The van der Waals surface area contributed by atoms with Crippen LogP contribution in [0.2, 0.25) is 0 Å². The summed E-state index contributed by atoms with van der Waals surface area (Å²) in [7, 11) is 0. The SMILES string of the molecule is CSC1CC([C@H]2C(=O)N[C@@H]2CCO)O1. The lowest BCUT2D eigenvalue weighted by Crippen LogP contribution is -2.65. The minimum Gasteiger partial charge on any atom is -0.396 e.